The number of nitriles is 1. The molecule has 0 spiro atoms. The summed E-state index contributed by atoms with van der Waals surface area (Å²) in [6.45, 7) is 0. The average molecular weight is 279 g/mol. The normalized spacial score (nSPS) is 10.3. The lowest BCUT2D eigenvalue weighted by Crippen LogP contribution is -1.92. The molecule has 0 saturated carbocycles. The molecule has 1 aromatic heterocycles. The van der Waals surface area contributed by atoms with Gasteiger partial charge in [0.1, 0.15) is 17.4 Å². The predicted molar refractivity (Wildman–Crippen MR) is 73.7 cm³/mol. The first-order valence-corrected chi connectivity index (χ1v) is 6.33. The van der Waals surface area contributed by atoms with Crippen LogP contribution in [-0.4, -0.2) is 10.1 Å². The summed E-state index contributed by atoms with van der Waals surface area (Å²) < 4.78 is 18.7. The number of hydrogen-bond donors (Lipinski definition) is 0. The fourth-order valence-electron chi connectivity index (χ4n) is 2.03. The van der Waals surface area contributed by atoms with Crippen LogP contribution in [0.15, 0.2) is 53.1 Å². The van der Waals surface area contributed by atoms with Crippen molar-refractivity contribution in [2.24, 2.45) is 0 Å². The molecule has 1 heterocycles. The number of halogens is 1. The summed E-state index contributed by atoms with van der Waals surface area (Å²) in [5.41, 5.74) is 1.27. The van der Waals surface area contributed by atoms with E-state index in [0.29, 0.717) is 17.8 Å². The van der Waals surface area contributed by atoms with Gasteiger partial charge in [-0.05, 0) is 17.7 Å². The Morgan fingerprint density at radius 2 is 1.90 bits per heavy atom. The van der Waals surface area contributed by atoms with Gasteiger partial charge < -0.3 is 4.52 Å². The molecule has 4 nitrogen and oxygen atoms in total. The lowest BCUT2D eigenvalue weighted by molar-refractivity contribution is 0.423. The molecule has 5 heteroatoms. The molecule has 0 radical (unpaired) electrons. The lowest BCUT2D eigenvalue weighted by atomic mass is 10.1. The molecule has 21 heavy (non-hydrogen) atoms. The summed E-state index contributed by atoms with van der Waals surface area (Å²) >= 11 is 0. The second-order valence-electron chi connectivity index (χ2n) is 4.45. The Hall–Kier alpha value is -3.00. The minimum atomic E-state index is -0.599. The van der Waals surface area contributed by atoms with Gasteiger partial charge in [0.15, 0.2) is 5.82 Å². The second-order valence-corrected chi connectivity index (χ2v) is 4.45. The van der Waals surface area contributed by atoms with Crippen LogP contribution in [-0.2, 0) is 6.42 Å². The predicted octanol–water partition coefficient (Wildman–Crippen LogP) is 3.34. The van der Waals surface area contributed by atoms with E-state index in [1.165, 1.54) is 12.1 Å². The van der Waals surface area contributed by atoms with Crippen molar-refractivity contribution in [3.05, 3.63) is 71.3 Å². The number of aromatic nitrogens is 2. The maximum absolute atomic E-state index is 13.6. The van der Waals surface area contributed by atoms with Gasteiger partial charge in [-0.1, -0.05) is 41.6 Å². The van der Waals surface area contributed by atoms with Crippen molar-refractivity contribution in [3.8, 4) is 17.5 Å². The molecule has 0 fully saturated rings. The van der Waals surface area contributed by atoms with Gasteiger partial charge in [-0.3, -0.25) is 0 Å². The van der Waals surface area contributed by atoms with Gasteiger partial charge in [0.25, 0.3) is 5.89 Å². The number of hydrogen-bond acceptors (Lipinski definition) is 4. The summed E-state index contributed by atoms with van der Waals surface area (Å²) in [5, 5.41) is 12.9. The van der Waals surface area contributed by atoms with Crippen LogP contribution in [0, 0.1) is 17.1 Å². The summed E-state index contributed by atoms with van der Waals surface area (Å²) in [7, 11) is 0. The minimum Gasteiger partial charge on any atom is -0.334 e. The van der Waals surface area contributed by atoms with Crippen molar-refractivity contribution in [3.63, 3.8) is 0 Å². The molecular weight excluding hydrogens is 269 g/mol. The highest BCUT2D eigenvalue weighted by Gasteiger charge is 2.16. The Bertz CT molecular complexity index is 806. The van der Waals surface area contributed by atoms with Gasteiger partial charge in [0.05, 0.1) is 5.56 Å². The molecule has 0 atom stereocenters. The van der Waals surface area contributed by atoms with Crippen LogP contribution >= 0.6 is 0 Å². The zero-order chi connectivity index (χ0) is 14.7. The Balaban J connectivity index is 1.93. The zero-order valence-electron chi connectivity index (χ0n) is 11.0. The van der Waals surface area contributed by atoms with Gasteiger partial charge in [0.2, 0.25) is 0 Å². The molecule has 3 rings (SSSR count). The fourth-order valence-corrected chi connectivity index (χ4v) is 2.03. The van der Waals surface area contributed by atoms with E-state index in [4.69, 9.17) is 9.78 Å². The first kappa shape index (κ1) is 13.0. The molecule has 0 bridgehead atoms. The quantitative estimate of drug-likeness (QED) is 0.737. The monoisotopic (exact) mass is 279 g/mol. The van der Waals surface area contributed by atoms with Crippen molar-refractivity contribution in [1.82, 2.24) is 10.1 Å². The molecule has 0 amide bonds. The van der Waals surface area contributed by atoms with E-state index in [-0.39, 0.29) is 11.5 Å². The molecule has 0 N–H and O–H groups in total. The van der Waals surface area contributed by atoms with Gasteiger partial charge in [0, 0.05) is 6.42 Å². The molecule has 0 aliphatic carbocycles. The Labute approximate surface area is 120 Å². The van der Waals surface area contributed by atoms with Gasteiger partial charge in [-0.2, -0.15) is 10.2 Å². The average Bonchev–Trinajstić information content (AvgIpc) is 2.96. The molecule has 102 valence electrons. The third kappa shape index (κ3) is 2.65. The molecule has 3 aromatic rings. The highest BCUT2D eigenvalue weighted by Crippen LogP contribution is 2.24. The van der Waals surface area contributed by atoms with Crippen molar-refractivity contribution in [2.45, 2.75) is 6.42 Å². The molecule has 0 saturated heterocycles. The van der Waals surface area contributed by atoms with E-state index < -0.39 is 5.82 Å². The van der Waals surface area contributed by atoms with E-state index in [0.717, 1.165) is 5.56 Å². The smallest absolute Gasteiger partial charge is 0.259 e. The molecule has 0 aliphatic rings. The standard InChI is InChI=1S/C16H10FN3O/c17-14-8-4-7-12(13(14)10-18)16-19-15(20-21-16)9-11-5-2-1-3-6-11/h1-8H,9H2. The first-order chi connectivity index (χ1) is 10.3. The molecular formula is C16H10FN3O. The Morgan fingerprint density at radius 3 is 2.67 bits per heavy atom. The lowest BCUT2D eigenvalue weighted by Gasteiger charge is -1.98. The maximum atomic E-state index is 13.6. The molecule has 2 aromatic carbocycles. The second kappa shape index (κ2) is 5.55. The van der Waals surface area contributed by atoms with Crippen LogP contribution in [0.5, 0.6) is 0 Å². The third-order valence-corrected chi connectivity index (χ3v) is 3.03. The number of nitrogens with zero attached hydrogens (tertiary/aromatic N) is 3. The Morgan fingerprint density at radius 1 is 1.10 bits per heavy atom. The third-order valence-electron chi connectivity index (χ3n) is 3.03. The largest absolute Gasteiger partial charge is 0.334 e. The van der Waals surface area contributed by atoms with Crippen LogP contribution in [0.25, 0.3) is 11.5 Å². The maximum Gasteiger partial charge on any atom is 0.259 e. The minimum absolute atomic E-state index is 0.0904. The zero-order valence-corrected chi connectivity index (χ0v) is 11.0. The van der Waals surface area contributed by atoms with Gasteiger partial charge in [-0.25, -0.2) is 4.39 Å². The molecule has 0 unspecified atom stereocenters. The highest BCUT2D eigenvalue weighted by atomic mass is 19.1. The fraction of sp³-hybridized carbons (Fsp3) is 0.0625. The Kier molecular flexibility index (Phi) is 3.44. The van der Waals surface area contributed by atoms with Crippen LogP contribution in [0.1, 0.15) is 17.0 Å². The summed E-state index contributed by atoms with van der Waals surface area (Å²) in [6, 6.07) is 15.8. The van der Waals surface area contributed by atoms with Crippen LogP contribution in [0.3, 0.4) is 0 Å². The molecule has 0 aliphatic heterocycles. The SMILES string of the molecule is N#Cc1c(F)cccc1-c1nc(Cc2ccccc2)no1. The van der Waals surface area contributed by atoms with Crippen LogP contribution in [0.4, 0.5) is 4.39 Å². The van der Waals surface area contributed by atoms with Crippen molar-refractivity contribution in [2.75, 3.05) is 0 Å². The van der Waals surface area contributed by atoms with Crippen molar-refractivity contribution >= 4 is 0 Å². The van der Waals surface area contributed by atoms with Crippen molar-refractivity contribution < 1.29 is 8.91 Å². The number of benzene rings is 2. The highest BCUT2D eigenvalue weighted by molar-refractivity contribution is 5.63. The van der Waals surface area contributed by atoms with Crippen LogP contribution in [0.2, 0.25) is 0 Å². The van der Waals surface area contributed by atoms with E-state index >= 15 is 0 Å². The van der Waals surface area contributed by atoms with E-state index in [2.05, 4.69) is 10.1 Å². The van der Waals surface area contributed by atoms with E-state index in [1.807, 2.05) is 36.4 Å². The van der Waals surface area contributed by atoms with E-state index in [1.54, 1.807) is 6.07 Å². The van der Waals surface area contributed by atoms with Crippen molar-refractivity contribution in [1.29, 1.82) is 5.26 Å². The summed E-state index contributed by atoms with van der Waals surface area (Å²) in [6.07, 6.45) is 0.515. The number of rotatable bonds is 3. The first-order valence-electron chi connectivity index (χ1n) is 6.33. The van der Waals surface area contributed by atoms with Gasteiger partial charge >= 0.3 is 0 Å². The van der Waals surface area contributed by atoms with Gasteiger partial charge in [-0.15, -0.1) is 0 Å². The van der Waals surface area contributed by atoms with E-state index in [9.17, 15) is 4.39 Å². The topological polar surface area (TPSA) is 62.7 Å². The summed E-state index contributed by atoms with van der Waals surface area (Å²) in [5.74, 6) is 0.0409. The summed E-state index contributed by atoms with van der Waals surface area (Å²) in [4.78, 5) is 4.23. The van der Waals surface area contributed by atoms with Crippen LogP contribution < -0.4 is 0 Å².